The summed E-state index contributed by atoms with van der Waals surface area (Å²) in [7, 11) is 1.24. The van der Waals surface area contributed by atoms with Gasteiger partial charge in [0.15, 0.2) is 11.6 Å². The molecule has 0 aromatic heterocycles. The maximum Gasteiger partial charge on any atom is 0.235 e. The lowest BCUT2D eigenvalue weighted by Crippen LogP contribution is -2.24. The van der Waals surface area contributed by atoms with Gasteiger partial charge in [-0.15, -0.1) is 11.6 Å². The maximum atomic E-state index is 13.3. The first-order valence-corrected chi connectivity index (χ1v) is 4.96. The van der Waals surface area contributed by atoms with Gasteiger partial charge in [-0.25, -0.2) is 8.78 Å². The Morgan fingerprint density at radius 3 is 2.69 bits per heavy atom. The van der Waals surface area contributed by atoms with Gasteiger partial charge >= 0.3 is 0 Å². The Morgan fingerprint density at radius 1 is 1.44 bits per heavy atom. The van der Waals surface area contributed by atoms with Gasteiger partial charge in [-0.2, -0.15) is 0 Å². The summed E-state index contributed by atoms with van der Waals surface area (Å²) in [4.78, 5) is 10.8. The number of benzene rings is 1. The van der Waals surface area contributed by atoms with Crippen molar-refractivity contribution in [1.82, 2.24) is 5.32 Å². The third-order valence-electron chi connectivity index (χ3n) is 1.92. The molecule has 0 aliphatic carbocycles. The number of halogens is 3. The number of hydrogen-bond donors (Lipinski definition) is 1. The second kappa shape index (κ2) is 5.65. The maximum absolute atomic E-state index is 13.3. The molecule has 0 saturated heterocycles. The number of nitrogens with one attached hydrogen (secondary N) is 1. The van der Waals surface area contributed by atoms with E-state index in [1.807, 2.05) is 0 Å². The van der Waals surface area contributed by atoms with Crippen LogP contribution in [0.3, 0.4) is 0 Å². The summed E-state index contributed by atoms with van der Waals surface area (Å²) in [5.74, 6) is -2.17. The molecule has 0 aliphatic heterocycles. The van der Waals surface area contributed by atoms with E-state index in [-0.39, 0.29) is 23.7 Å². The number of amides is 1. The number of rotatable bonds is 4. The van der Waals surface area contributed by atoms with Crippen LogP contribution < -0.4 is 10.1 Å². The summed E-state index contributed by atoms with van der Waals surface area (Å²) in [6.07, 6.45) is 0. The van der Waals surface area contributed by atoms with Crippen LogP contribution in [0.2, 0.25) is 0 Å². The molecule has 3 nitrogen and oxygen atoms in total. The summed E-state index contributed by atoms with van der Waals surface area (Å²) >= 11 is 5.24. The van der Waals surface area contributed by atoms with Crippen molar-refractivity contribution in [1.29, 1.82) is 0 Å². The SMILES string of the molecule is COc1cc(F)c(CNC(=O)CCl)cc1F. The Kier molecular flexibility index (Phi) is 4.49. The molecule has 0 heterocycles. The highest BCUT2D eigenvalue weighted by Gasteiger charge is 2.10. The van der Waals surface area contributed by atoms with Crippen LogP contribution in [0.4, 0.5) is 8.78 Å². The Hall–Kier alpha value is -1.36. The van der Waals surface area contributed by atoms with E-state index in [4.69, 9.17) is 11.6 Å². The molecule has 6 heteroatoms. The third kappa shape index (κ3) is 3.06. The zero-order valence-corrected chi connectivity index (χ0v) is 9.28. The lowest BCUT2D eigenvalue weighted by atomic mass is 10.2. The zero-order valence-electron chi connectivity index (χ0n) is 8.52. The normalized spacial score (nSPS) is 10.0. The van der Waals surface area contributed by atoms with Crippen LogP contribution in [-0.4, -0.2) is 18.9 Å². The molecule has 1 N–H and O–H groups in total. The van der Waals surface area contributed by atoms with Gasteiger partial charge in [0, 0.05) is 18.2 Å². The molecule has 0 bridgehead atoms. The topological polar surface area (TPSA) is 38.3 Å². The Labute approximate surface area is 96.4 Å². The monoisotopic (exact) mass is 249 g/mol. The summed E-state index contributed by atoms with van der Waals surface area (Å²) < 4.78 is 31.2. The fourth-order valence-corrected chi connectivity index (χ4v) is 1.20. The minimum atomic E-state index is -0.681. The van der Waals surface area contributed by atoms with E-state index in [1.54, 1.807) is 0 Å². The van der Waals surface area contributed by atoms with E-state index >= 15 is 0 Å². The molecule has 0 saturated carbocycles. The van der Waals surface area contributed by atoms with Crippen LogP contribution in [-0.2, 0) is 11.3 Å². The fraction of sp³-hybridized carbons (Fsp3) is 0.300. The van der Waals surface area contributed by atoms with Crippen LogP contribution in [0.15, 0.2) is 12.1 Å². The van der Waals surface area contributed by atoms with Crippen molar-refractivity contribution in [3.63, 3.8) is 0 Å². The van der Waals surface area contributed by atoms with Crippen molar-refractivity contribution in [3.05, 3.63) is 29.3 Å². The van der Waals surface area contributed by atoms with Crippen LogP contribution in [0.25, 0.3) is 0 Å². The Morgan fingerprint density at radius 2 is 2.12 bits per heavy atom. The van der Waals surface area contributed by atoms with Crippen LogP contribution >= 0.6 is 11.6 Å². The predicted molar refractivity (Wildman–Crippen MR) is 55.5 cm³/mol. The second-order valence-electron chi connectivity index (χ2n) is 2.99. The third-order valence-corrected chi connectivity index (χ3v) is 2.16. The molecule has 1 amide bonds. The average Bonchev–Trinajstić information content (AvgIpc) is 2.29. The number of hydrogen-bond acceptors (Lipinski definition) is 2. The van der Waals surface area contributed by atoms with E-state index in [2.05, 4.69) is 10.1 Å². The highest BCUT2D eigenvalue weighted by Crippen LogP contribution is 2.20. The van der Waals surface area contributed by atoms with E-state index in [9.17, 15) is 13.6 Å². The molecule has 0 fully saturated rings. The summed E-state index contributed by atoms with van der Waals surface area (Å²) in [6, 6.07) is 1.90. The van der Waals surface area contributed by atoms with Crippen molar-refractivity contribution >= 4 is 17.5 Å². The molecule has 0 spiro atoms. The van der Waals surface area contributed by atoms with E-state index in [0.29, 0.717) is 0 Å². The van der Waals surface area contributed by atoms with Crippen molar-refractivity contribution in [2.45, 2.75) is 6.54 Å². The highest BCUT2D eigenvalue weighted by molar-refractivity contribution is 6.27. The van der Waals surface area contributed by atoms with Gasteiger partial charge in [-0.05, 0) is 6.07 Å². The van der Waals surface area contributed by atoms with E-state index in [0.717, 1.165) is 12.1 Å². The first-order chi connectivity index (χ1) is 7.58. The molecule has 16 heavy (non-hydrogen) atoms. The van der Waals surface area contributed by atoms with Crippen molar-refractivity contribution in [3.8, 4) is 5.75 Å². The van der Waals surface area contributed by atoms with Gasteiger partial charge in [0.05, 0.1) is 7.11 Å². The standard InChI is InChI=1S/C10H10ClF2NO2/c1-16-9-3-7(12)6(2-8(9)13)5-14-10(15)4-11/h2-3H,4-5H2,1H3,(H,14,15). The summed E-state index contributed by atoms with van der Waals surface area (Å²) in [6.45, 7) is -0.113. The minimum Gasteiger partial charge on any atom is -0.494 e. The van der Waals surface area contributed by atoms with E-state index < -0.39 is 17.5 Å². The number of alkyl halides is 1. The molecule has 1 rings (SSSR count). The first kappa shape index (κ1) is 12.7. The Bertz CT molecular complexity index is 399. The van der Waals surface area contributed by atoms with Crippen molar-refractivity contribution in [2.75, 3.05) is 13.0 Å². The van der Waals surface area contributed by atoms with Gasteiger partial charge in [-0.3, -0.25) is 4.79 Å². The first-order valence-electron chi connectivity index (χ1n) is 4.43. The largest absolute Gasteiger partial charge is 0.494 e. The van der Waals surface area contributed by atoms with Crippen molar-refractivity contribution < 1.29 is 18.3 Å². The molecular formula is C10H10ClF2NO2. The van der Waals surface area contributed by atoms with E-state index in [1.165, 1.54) is 7.11 Å². The molecule has 88 valence electrons. The van der Waals surface area contributed by atoms with Gasteiger partial charge < -0.3 is 10.1 Å². The number of ether oxygens (including phenoxy) is 1. The summed E-state index contributed by atoms with van der Waals surface area (Å²) in [5.41, 5.74) is 0.0387. The lowest BCUT2D eigenvalue weighted by Gasteiger charge is -2.07. The number of carbonyl (C=O) groups excluding carboxylic acids is 1. The number of methoxy groups -OCH3 is 1. The smallest absolute Gasteiger partial charge is 0.235 e. The predicted octanol–water partition coefficient (Wildman–Crippen LogP) is 1.83. The molecule has 1 aromatic rings. The van der Waals surface area contributed by atoms with Gasteiger partial charge in [0.1, 0.15) is 11.7 Å². The van der Waals surface area contributed by atoms with Gasteiger partial charge in [-0.1, -0.05) is 0 Å². The highest BCUT2D eigenvalue weighted by atomic mass is 35.5. The average molecular weight is 250 g/mol. The quantitative estimate of drug-likeness (QED) is 0.827. The number of carbonyl (C=O) groups is 1. The molecule has 0 radical (unpaired) electrons. The van der Waals surface area contributed by atoms with Gasteiger partial charge in [0.2, 0.25) is 5.91 Å². The van der Waals surface area contributed by atoms with Crippen LogP contribution in [0.1, 0.15) is 5.56 Å². The lowest BCUT2D eigenvalue weighted by molar-refractivity contribution is -0.118. The molecule has 0 unspecified atom stereocenters. The minimum absolute atomic E-state index is 0.0387. The Balaban J connectivity index is 2.81. The molecule has 0 atom stereocenters. The van der Waals surface area contributed by atoms with Crippen molar-refractivity contribution in [2.24, 2.45) is 0 Å². The van der Waals surface area contributed by atoms with Crippen LogP contribution in [0, 0.1) is 11.6 Å². The van der Waals surface area contributed by atoms with Crippen LogP contribution in [0.5, 0.6) is 5.75 Å². The molecular weight excluding hydrogens is 240 g/mol. The second-order valence-corrected chi connectivity index (χ2v) is 3.26. The zero-order chi connectivity index (χ0) is 12.1. The summed E-state index contributed by atoms with van der Waals surface area (Å²) in [5, 5.41) is 2.34. The molecule has 1 aromatic carbocycles. The van der Waals surface area contributed by atoms with Gasteiger partial charge in [0.25, 0.3) is 0 Å². The fourth-order valence-electron chi connectivity index (χ4n) is 1.10. The molecule has 0 aliphatic rings.